The molecule has 0 fully saturated rings. The van der Waals surface area contributed by atoms with Crippen molar-refractivity contribution in [3.63, 3.8) is 0 Å². The summed E-state index contributed by atoms with van der Waals surface area (Å²) in [5, 5.41) is 3.70. The molecule has 0 aliphatic carbocycles. The Morgan fingerprint density at radius 1 is 1.40 bits per heavy atom. The van der Waals surface area contributed by atoms with Crippen LogP contribution >= 0.6 is 11.6 Å². The van der Waals surface area contributed by atoms with Gasteiger partial charge in [0.15, 0.2) is 0 Å². The third-order valence-corrected chi connectivity index (χ3v) is 4.32. The molecule has 0 aromatic heterocycles. The SMILES string of the molecule is C/C(=C/Cl)CN1CC(C(C)(C)C)NCc2ccccc21. The molecule has 0 saturated carbocycles. The Hall–Kier alpha value is -0.990. The van der Waals surface area contributed by atoms with Gasteiger partial charge in [-0.05, 0) is 29.5 Å². The summed E-state index contributed by atoms with van der Waals surface area (Å²) in [5.74, 6) is 0. The first-order chi connectivity index (χ1) is 9.41. The second-order valence-corrected chi connectivity index (χ2v) is 6.98. The number of halogens is 1. The van der Waals surface area contributed by atoms with Crippen LogP contribution in [0.25, 0.3) is 0 Å². The number of fused-ring (bicyclic) bond motifs is 1. The molecule has 1 N–H and O–H groups in total. The molecule has 0 bridgehead atoms. The zero-order valence-corrected chi connectivity index (χ0v) is 13.7. The van der Waals surface area contributed by atoms with E-state index in [1.165, 1.54) is 16.8 Å². The van der Waals surface area contributed by atoms with Crippen molar-refractivity contribution in [2.45, 2.75) is 40.3 Å². The minimum atomic E-state index is 0.235. The highest BCUT2D eigenvalue weighted by atomic mass is 35.5. The number of anilines is 1. The molecule has 3 heteroatoms. The number of nitrogens with zero attached hydrogens (tertiary/aromatic N) is 1. The van der Waals surface area contributed by atoms with Crippen LogP contribution in [-0.4, -0.2) is 19.1 Å². The first-order valence-corrected chi connectivity index (χ1v) is 7.67. The Morgan fingerprint density at radius 3 is 2.75 bits per heavy atom. The molecule has 1 unspecified atom stereocenters. The molecule has 20 heavy (non-hydrogen) atoms. The van der Waals surface area contributed by atoms with E-state index in [0.717, 1.165) is 19.6 Å². The van der Waals surface area contributed by atoms with Crippen molar-refractivity contribution < 1.29 is 0 Å². The lowest BCUT2D eigenvalue weighted by Gasteiger charge is -2.35. The quantitative estimate of drug-likeness (QED) is 0.881. The summed E-state index contributed by atoms with van der Waals surface area (Å²) in [6, 6.07) is 9.10. The third kappa shape index (κ3) is 3.56. The fraction of sp³-hybridized carbons (Fsp3) is 0.529. The molecule has 0 amide bonds. The lowest BCUT2D eigenvalue weighted by atomic mass is 9.86. The highest BCUT2D eigenvalue weighted by molar-refractivity contribution is 6.25. The van der Waals surface area contributed by atoms with E-state index in [0.29, 0.717) is 6.04 Å². The molecule has 110 valence electrons. The van der Waals surface area contributed by atoms with Crippen molar-refractivity contribution in [2.75, 3.05) is 18.0 Å². The van der Waals surface area contributed by atoms with Crippen molar-refractivity contribution in [1.82, 2.24) is 5.32 Å². The summed E-state index contributed by atoms with van der Waals surface area (Å²) < 4.78 is 0. The van der Waals surface area contributed by atoms with E-state index >= 15 is 0 Å². The summed E-state index contributed by atoms with van der Waals surface area (Å²) in [6.45, 7) is 11.8. The molecular formula is C17H25ClN2. The maximum absolute atomic E-state index is 5.86. The van der Waals surface area contributed by atoms with Crippen LogP contribution in [0.4, 0.5) is 5.69 Å². The zero-order valence-electron chi connectivity index (χ0n) is 12.9. The molecular weight excluding hydrogens is 268 g/mol. The van der Waals surface area contributed by atoms with Crippen LogP contribution in [0.3, 0.4) is 0 Å². The van der Waals surface area contributed by atoms with Crippen molar-refractivity contribution >= 4 is 17.3 Å². The highest BCUT2D eigenvalue weighted by Crippen LogP contribution is 2.29. The number of rotatable bonds is 2. The Labute approximate surface area is 127 Å². The Kier molecular flexibility index (Phi) is 4.77. The largest absolute Gasteiger partial charge is 0.366 e. The molecule has 0 radical (unpaired) electrons. The van der Waals surface area contributed by atoms with Gasteiger partial charge >= 0.3 is 0 Å². The second kappa shape index (κ2) is 6.19. The van der Waals surface area contributed by atoms with Gasteiger partial charge in [-0.2, -0.15) is 0 Å². The fourth-order valence-electron chi connectivity index (χ4n) is 2.65. The molecule has 0 spiro atoms. The van der Waals surface area contributed by atoms with Gasteiger partial charge in [-0.3, -0.25) is 0 Å². The van der Waals surface area contributed by atoms with E-state index < -0.39 is 0 Å². The van der Waals surface area contributed by atoms with Crippen LogP contribution in [0.5, 0.6) is 0 Å². The second-order valence-electron chi connectivity index (χ2n) is 6.76. The van der Waals surface area contributed by atoms with Gasteiger partial charge in [0, 0.05) is 36.9 Å². The fourth-order valence-corrected chi connectivity index (χ4v) is 2.72. The maximum Gasteiger partial charge on any atom is 0.0415 e. The maximum atomic E-state index is 5.86. The summed E-state index contributed by atoms with van der Waals surface area (Å²) in [4.78, 5) is 2.44. The molecule has 2 rings (SSSR count). The molecule has 1 aromatic rings. The summed E-state index contributed by atoms with van der Waals surface area (Å²) in [5.41, 5.74) is 5.80. The van der Waals surface area contributed by atoms with Crippen molar-refractivity contribution in [2.24, 2.45) is 5.41 Å². The monoisotopic (exact) mass is 292 g/mol. The predicted octanol–water partition coefficient (Wildman–Crippen LogP) is 4.15. The molecule has 0 saturated heterocycles. The molecule has 1 heterocycles. The number of hydrogen-bond donors (Lipinski definition) is 1. The zero-order chi connectivity index (χ0) is 14.8. The summed E-state index contributed by atoms with van der Waals surface area (Å²) >= 11 is 5.86. The first kappa shape index (κ1) is 15.4. The van der Waals surface area contributed by atoms with Crippen LogP contribution in [0.1, 0.15) is 33.3 Å². The topological polar surface area (TPSA) is 15.3 Å². The Morgan fingerprint density at radius 2 is 2.10 bits per heavy atom. The summed E-state index contributed by atoms with van der Waals surface area (Å²) in [7, 11) is 0. The van der Waals surface area contributed by atoms with Crippen LogP contribution in [0, 0.1) is 5.41 Å². The van der Waals surface area contributed by atoms with Crippen LogP contribution in [0.2, 0.25) is 0 Å². The molecule has 2 nitrogen and oxygen atoms in total. The van der Waals surface area contributed by atoms with E-state index in [1.54, 1.807) is 5.54 Å². The predicted molar refractivity (Wildman–Crippen MR) is 88.3 cm³/mol. The minimum absolute atomic E-state index is 0.235. The van der Waals surface area contributed by atoms with Gasteiger partial charge < -0.3 is 10.2 Å². The average Bonchev–Trinajstić information content (AvgIpc) is 2.58. The number of nitrogens with one attached hydrogen (secondary N) is 1. The standard InChI is InChI=1S/C17H25ClN2/c1-13(9-18)11-20-12-16(17(2,3)4)19-10-14-7-5-6-8-15(14)20/h5-9,16,19H,10-12H2,1-4H3/b13-9-. The third-order valence-electron chi connectivity index (χ3n) is 3.95. The van der Waals surface area contributed by atoms with Gasteiger partial charge in [0.25, 0.3) is 0 Å². The molecule has 1 aliphatic heterocycles. The molecule has 1 aliphatic rings. The first-order valence-electron chi connectivity index (χ1n) is 7.24. The van der Waals surface area contributed by atoms with E-state index in [9.17, 15) is 0 Å². The minimum Gasteiger partial charge on any atom is -0.366 e. The van der Waals surface area contributed by atoms with Gasteiger partial charge in [0.05, 0.1) is 0 Å². The van der Waals surface area contributed by atoms with E-state index in [4.69, 9.17) is 11.6 Å². The van der Waals surface area contributed by atoms with Gasteiger partial charge in [-0.25, -0.2) is 0 Å². The van der Waals surface area contributed by atoms with E-state index in [1.807, 2.05) is 0 Å². The van der Waals surface area contributed by atoms with Gasteiger partial charge in [-0.1, -0.05) is 50.6 Å². The van der Waals surface area contributed by atoms with Gasteiger partial charge in [0.1, 0.15) is 0 Å². The van der Waals surface area contributed by atoms with Gasteiger partial charge in [-0.15, -0.1) is 0 Å². The average molecular weight is 293 g/mol. The van der Waals surface area contributed by atoms with Crippen molar-refractivity contribution in [3.8, 4) is 0 Å². The van der Waals surface area contributed by atoms with Crippen LogP contribution in [-0.2, 0) is 6.54 Å². The highest BCUT2D eigenvalue weighted by Gasteiger charge is 2.29. The van der Waals surface area contributed by atoms with Crippen LogP contribution < -0.4 is 10.2 Å². The van der Waals surface area contributed by atoms with Crippen molar-refractivity contribution in [3.05, 3.63) is 40.9 Å². The number of para-hydroxylation sites is 1. The Bertz CT molecular complexity index is 488. The van der Waals surface area contributed by atoms with Gasteiger partial charge in [0.2, 0.25) is 0 Å². The number of hydrogen-bond acceptors (Lipinski definition) is 2. The van der Waals surface area contributed by atoms with Crippen molar-refractivity contribution in [1.29, 1.82) is 0 Å². The normalized spacial score (nSPS) is 20.6. The van der Waals surface area contributed by atoms with E-state index in [2.05, 4.69) is 62.2 Å². The van der Waals surface area contributed by atoms with Crippen LogP contribution in [0.15, 0.2) is 35.4 Å². The smallest absolute Gasteiger partial charge is 0.0415 e. The molecule has 1 atom stereocenters. The summed E-state index contributed by atoms with van der Waals surface area (Å²) in [6.07, 6.45) is 0. The lowest BCUT2D eigenvalue weighted by Crippen LogP contribution is -2.46. The molecule has 1 aromatic carbocycles. The Balaban J connectivity index is 2.32. The number of benzene rings is 1. The lowest BCUT2D eigenvalue weighted by molar-refractivity contribution is 0.273. The van der Waals surface area contributed by atoms with E-state index in [-0.39, 0.29) is 5.41 Å².